The summed E-state index contributed by atoms with van der Waals surface area (Å²) < 4.78 is 5.42. The van der Waals surface area contributed by atoms with Gasteiger partial charge in [-0.25, -0.2) is 0 Å². The molecule has 1 aliphatic rings. The quantitative estimate of drug-likeness (QED) is 0.863. The Morgan fingerprint density at radius 2 is 2.24 bits per heavy atom. The molecule has 1 saturated heterocycles. The lowest BCUT2D eigenvalue weighted by atomic mass is 9.97. The number of aryl methyl sites for hydroxylation is 2. The predicted molar refractivity (Wildman–Crippen MR) is 71.7 cm³/mol. The summed E-state index contributed by atoms with van der Waals surface area (Å²) >= 11 is 0. The molecule has 0 radical (unpaired) electrons. The van der Waals surface area contributed by atoms with E-state index in [4.69, 9.17) is 4.74 Å². The molecule has 1 aromatic rings. The lowest BCUT2D eigenvalue weighted by molar-refractivity contribution is 0.376. The van der Waals surface area contributed by atoms with Crippen LogP contribution in [0.5, 0.6) is 5.75 Å². The zero-order chi connectivity index (χ0) is 12.1. The van der Waals surface area contributed by atoms with Gasteiger partial charge in [-0.2, -0.15) is 0 Å². The van der Waals surface area contributed by atoms with Gasteiger partial charge in [0.05, 0.1) is 7.11 Å². The number of ether oxygens (including phenoxy) is 1. The molecule has 1 unspecified atom stereocenters. The number of rotatable bonds is 4. The molecule has 94 valence electrons. The molecule has 1 heterocycles. The maximum absolute atomic E-state index is 5.42. The van der Waals surface area contributed by atoms with Crippen LogP contribution in [-0.2, 0) is 6.42 Å². The molecule has 2 heteroatoms. The summed E-state index contributed by atoms with van der Waals surface area (Å²) in [6.45, 7) is 3.33. The molecule has 0 aromatic heterocycles. The number of hydrogen-bond acceptors (Lipinski definition) is 2. The topological polar surface area (TPSA) is 21.3 Å². The first-order chi connectivity index (χ1) is 8.29. The lowest BCUT2D eigenvalue weighted by Crippen LogP contribution is -2.34. The van der Waals surface area contributed by atoms with E-state index in [0.29, 0.717) is 6.04 Å². The van der Waals surface area contributed by atoms with E-state index in [2.05, 4.69) is 30.4 Å². The first-order valence-corrected chi connectivity index (χ1v) is 6.66. The third-order valence-corrected chi connectivity index (χ3v) is 3.61. The first-order valence-electron chi connectivity index (χ1n) is 6.66. The Morgan fingerprint density at radius 3 is 2.94 bits per heavy atom. The zero-order valence-electron chi connectivity index (χ0n) is 11.0. The molecular formula is C15H23NO. The van der Waals surface area contributed by atoms with Crippen LogP contribution in [0, 0.1) is 6.92 Å². The van der Waals surface area contributed by atoms with Gasteiger partial charge in [-0.3, -0.25) is 0 Å². The van der Waals surface area contributed by atoms with Crippen LogP contribution >= 0.6 is 0 Å². The monoisotopic (exact) mass is 233 g/mol. The second-order valence-electron chi connectivity index (χ2n) is 5.00. The van der Waals surface area contributed by atoms with Gasteiger partial charge in [0.1, 0.15) is 5.75 Å². The summed E-state index contributed by atoms with van der Waals surface area (Å²) in [6.07, 6.45) is 6.38. The molecule has 1 fully saturated rings. The van der Waals surface area contributed by atoms with Crippen LogP contribution in [0.25, 0.3) is 0 Å². The molecule has 2 rings (SSSR count). The molecule has 1 aromatic carbocycles. The van der Waals surface area contributed by atoms with Crippen molar-refractivity contribution in [1.29, 1.82) is 0 Å². The van der Waals surface area contributed by atoms with Crippen LogP contribution in [0.4, 0.5) is 0 Å². The summed E-state index contributed by atoms with van der Waals surface area (Å²) in [6, 6.07) is 7.15. The van der Waals surface area contributed by atoms with Crippen molar-refractivity contribution in [2.75, 3.05) is 13.7 Å². The van der Waals surface area contributed by atoms with Gasteiger partial charge in [-0.1, -0.05) is 24.1 Å². The maximum Gasteiger partial charge on any atom is 0.122 e. The number of nitrogens with one attached hydrogen (secondary N) is 1. The number of piperidine rings is 1. The molecule has 1 N–H and O–H groups in total. The third kappa shape index (κ3) is 3.47. The fourth-order valence-corrected chi connectivity index (χ4v) is 2.60. The average molecular weight is 233 g/mol. The van der Waals surface area contributed by atoms with Crippen LogP contribution in [0.1, 0.15) is 36.8 Å². The highest BCUT2D eigenvalue weighted by atomic mass is 16.5. The van der Waals surface area contributed by atoms with Crippen molar-refractivity contribution in [2.45, 2.75) is 45.1 Å². The SMILES string of the molecule is COc1ccc(C)cc1CCC1CCCCN1. The minimum Gasteiger partial charge on any atom is -0.496 e. The van der Waals surface area contributed by atoms with Gasteiger partial charge in [0.25, 0.3) is 0 Å². The first kappa shape index (κ1) is 12.4. The summed E-state index contributed by atoms with van der Waals surface area (Å²) in [5, 5.41) is 3.60. The van der Waals surface area contributed by atoms with Crippen molar-refractivity contribution in [3.05, 3.63) is 29.3 Å². The number of hydrogen-bond donors (Lipinski definition) is 1. The molecule has 1 atom stereocenters. The third-order valence-electron chi connectivity index (χ3n) is 3.61. The molecular weight excluding hydrogens is 210 g/mol. The summed E-state index contributed by atoms with van der Waals surface area (Å²) in [4.78, 5) is 0. The Bertz CT molecular complexity index is 356. The zero-order valence-corrected chi connectivity index (χ0v) is 11.0. The fourth-order valence-electron chi connectivity index (χ4n) is 2.60. The van der Waals surface area contributed by atoms with E-state index in [1.54, 1.807) is 7.11 Å². The maximum atomic E-state index is 5.42. The fraction of sp³-hybridized carbons (Fsp3) is 0.600. The predicted octanol–water partition coefficient (Wildman–Crippen LogP) is 3.08. The van der Waals surface area contributed by atoms with Crippen molar-refractivity contribution in [2.24, 2.45) is 0 Å². The van der Waals surface area contributed by atoms with E-state index in [-0.39, 0.29) is 0 Å². The van der Waals surface area contributed by atoms with Gasteiger partial charge in [0, 0.05) is 6.04 Å². The molecule has 0 aliphatic carbocycles. The molecule has 17 heavy (non-hydrogen) atoms. The van der Waals surface area contributed by atoms with E-state index in [1.807, 2.05) is 0 Å². The average Bonchev–Trinajstić information content (AvgIpc) is 2.38. The van der Waals surface area contributed by atoms with Crippen molar-refractivity contribution in [3.63, 3.8) is 0 Å². The minimum absolute atomic E-state index is 0.703. The van der Waals surface area contributed by atoms with Crippen LogP contribution in [-0.4, -0.2) is 19.7 Å². The standard InChI is InChI=1S/C15H23NO/c1-12-6-9-15(17-2)13(11-12)7-8-14-5-3-4-10-16-14/h6,9,11,14,16H,3-5,7-8,10H2,1-2H3. The van der Waals surface area contributed by atoms with E-state index < -0.39 is 0 Å². The Kier molecular flexibility index (Phi) is 4.43. The lowest BCUT2D eigenvalue weighted by Gasteiger charge is -2.23. The second-order valence-corrected chi connectivity index (χ2v) is 5.00. The summed E-state index contributed by atoms with van der Waals surface area (Å²) in [5.41, 5.74) is 2.66. The van der Waals surface area contributed by atoms with Gasteiger partial charge in [-0.05, 0) is 50.8 Å². The Balaban J connectivity index is 1.95. The highest BCUT2D eigenvalue weighted by Gasteiger charge is 2.13. The molecule has 0 saturated carbocycles. The van der Waals surface area contributed by atoms with Gasteiger partial charge in [-0.15, -0.1) is 0 Å². The normalized spacial score (nSPS) is 20.2. The molecule has 0 amide bonds. The van der Waals surface area contributed by atoms with Gasteiger partial charge >= 0.3 is 0 Å². The summed E-state index contributed by atoms with van der Waals surface area (Å²) in [5.74, 6) is 1.03. The van der Waals surface area contributed by atoms with Gasteiger partial charge in [0.15, 0.2) is 0 Å². The van der Waals surface area contributed by atoms with Crippen LogP contribution in [0.2, 0.25) is 0 Å². The largest absolute Gasteiger partial charge is 0.496 e. The highest BCUT2D eigenvalue weighted by molar-refractivity contribution is 5.36. The van der Waals surface area contributed by atoms with E-state index in [0.717, 1.165) is 12.2 Å². The van der Waals surface area contributed by atoms with Gasteiger partial charge < -0.3 is 10.1 Å². The van der Waals surface area contributed by atoms with Crippen molar-refractivity contribution in [1.82, 2.24) is 5.32 Å². The summed E-state index contributed by atoms with van der Waals surface area (Å²) in [7, 11) is 1.76. The molecule has 1 aliphatic heterocycles. The number of methoxy groups -OCH3 is 1. The molecule has 2 nitrogen and oxygen atoms in total. The minimum atomic E-state index is 0.703. The van der Waals surface area contributed by atoms with Crippen molar-refractivity contribution >= 4 is 0 Å². The van der Waals surface area contributed by atoms with Crippen LogP contribution < -0.4 is 10.1 Å². The van der Waals surface area contributed by atoms with Crippen LogP contribution in [0.15, 0.2) is 18.2 Å². The highest BCUT2D eigenvalue weighted by Crippen LogP contribution is 2.22. The second kappa shape index (κ2) is 6.06. The Labute approximate surface area is 104 Å². The van der Waals surface area contributed by atoms with Crippen molar-refractivity contribution < 1.29 is 4.74 Å². The van der Waals surface area contributed by atoms with E-state index in [1.165, 1.54) is 43.4 Å². The van der Waals surface area contributed by atoms with Crippen LogP contribution in [0.3, 0.4) is 0 Å². The Morgan fingerprint density at radius 1 is 1.35 bits per heavy atom. The van der Waals surface area contributed by atoms with Gasteiger partial charge in [0.2, 0.25) is 0 Å². The Hall–Kier alpha value is -1.02. The molecule has 0 spiro atoms. The van der Waals surface area contributed by atoms with E-state index in [9.17, 15) is 0 Å². The molecule has 0 bridgehead atoms. The number of benzene rings is 1. The van der Waals surface area contributed by atoms with Crippen molar-refractivity contribution in [3.8, 4) is 5.75 Å². The van der Waals surface area contributed by atoms with E-state index >= 15 is 0 Å². The smallest absolute Gasteiger partial charge is 0.122 e.